The molecular weight excluding hydrogens is 330 g/mol. The molecule has 1 heterocycles. The number of amides is 2. The average molecular weight is 349 g/mol. The third-order valence-corrected chi connectivity index (χ3v) is 4.17. The van der Waals surface area contributed by atoms with Gasteiger partial charge in [0.05, 0.1) is 25.5 Å². The van der Waals surface area contributed by atoms with Gasteiger partial charge in [0, 0.05) is 6.07 Å². The van der Waals surface area contributed by atoms with Gasteiger partial charge in [0.2, 0.25) is 5.91 Å². The van der Waals surface area contributed by atoms with Gasteiger partial charge in [-0.15, -0.1) is 11.3 Å². The van der Waals surface area contributed by atoms with E-state index in [-0.39, 0.29) is 5.91 Å². The molecule has 0 fully saturated rings. The number of hydrogen-bond acceptors (Lipinski definition) is 6. The lowest BCUT2D eigenvalue weighted by Crippen LogP contribution is -2.32. The van der Waals surface area contributed by atoms with Crippen LogP contribution in [0.15, 0.2) is 29.6 Å². The van der Waals surface area contributed by atoms with Gasteiger partial charge in [-0.3, -0.25) is 9.59 Å². The molecule has 2 aromatic rings. The van der Waals surface area contributed by atoms with Crippen LogP contribution in [0.4, 0.5) is 10.7 Å². The third-order valence-electron chi connectivity index (χ3n) is 3.34. The lowest BCUT2D eigenvalue weighted by Gasteiger charge is -2.17. The second kappa shape index (κ2) is 7.69. The summed E-state index contributed by atoms with van der Waals surface area (Å²) in [6.07, 6.45) is 0. The Hall–Kier alpha value is -2.74. The minimum absolute atomic E-state index is 0.294. The van der Waals surface area contributed by atoms with Crippen LogP contribution in [0.1, 0.15) is 17.3 Å². The van der Waals surface area contributed by atoms with Crippen molar-refractivity contribution in [3.05, 3.63) is 35.2 Å². The van der Waals surface area contributed by atoms with Crippen LogP contribution in [0.5, 0.6) is 11.5 Å². The van der Waals surface area contributed by atoms with E-state index in [4.69, 9.17) is 15.2 Å². The quantitative estimate of drug-likeness (QED) is 0.712. The number of hydrogen-bond donors (Lipinski definition) is 3. The smallest absolute Gasteiger partial charge is 0.251 e. The molecule has 8 heteroatoms. The van der Waals surface area contributed by atoms with Gasteiger partial charge >= 0.3 is 0 Å². The molecule has 1 atom stereocenters. The van der Waals surface area contributed by atoms with Gasteiger partial charge in [0.15, 0.2) is 0 Å². The number of carbonyl (C=O) groups is 2. The lowest BCUT2D eigenvalue weighted by molar-refractivity contribution is -0.116. The van der Waals surface area contributed by atoms with E-state index in [1.807, 2.05) is 0 Å². The molecule has 24 heavy (non-hydrogen) atoms. The molecule has 2 amide bonds. The van der Waals surface area contributed by atoms with Gasteiger partial charge in [-0.05, 0) is 30.5 Å². The van der Waals surface area contributed by atoms with E-state index in [2.05, 4.69) is 10.6 Å². The van der Waals surface area contributed by atoms with Gasteiger partial charge in [-0.2, -0.15) is 0 Å². The summed E-state index contributed by atoms with van der Waals surface area (Å²) in [6, 6.07) is 6.27. The van der Waals surface area contributed by atoms with Crippen LogP contribution < -0.4 is 25.8 Å². The van der Waals surface area contributed by atoms with Crippen molar-refractivity contribution in [1.82, 2.24) is 0 Å². The molecule has 2 rings (SSSR count). The van der Waals surface area contributed by atoms with Crippen LogP contribution in [0.2, 0.25) is 0 Å². The molecule has 4 N–H and O–H groups in total. The van der Waals surface area contributed by atoms with E-state index in [1.54, 1.807) is 43.7 Å². The molecule has 0 radical (unpaired) electrons. The Balaban J connectivity index is 2.09. The predicted molar refractivity (Wildman–Crippen MR) is 94.1 cm³/mol. The van der Waals surface area contributed by atoms with E-state index in [0.29, 0.717) is 27.8 Å². The van der Waals surface area contributed by atoms with E-state index < -0.39 is 11.9 Å². The first-order valence-corrected chi connectivity index (χ1v) is 8.01. The molecule has 0 bridgehead atoms. The summed E-state index contributed by atoms with van der Waals surface area (Å²) in [6.45, 7) is 1.70. The Morgan fingerprint density at radius 3 is 2.58 bits per heavy atom. The Morgan fingerprint density at radius 1 is 1.21 bits per heavy atom. The number of rotatable bonds is 7. The van der Waals surface area contributed by atoms with Gasteiger partial charge in [0.25, 0.3) is 5.91 Å². The molecule has 0 spiro atoms. The lowest BCUT2D eigenvalue weighted by atomic mass is 10.2. The fraction of sp³-hybridized carbons (Fsp3) is 0.250. The molecule has 0 saturated carbocycles. The van der Waals surface area contributed by atoms with Crippen molar-refractivity contribution in [2.24, 2.45) is 5.73 Å². The second-order valence-electron chi connectivity index (χ2n) is 4.95. The first kappa shape index (κ1) is 17.6. The zero-order valence-corrected chi connectivity index (χ0v) is 14.4. The largest absolute Gasteiger partial charge is 0.497 e. The number of ether oxygens (including phenoxy) is 2. The van der Waals surface area contributed by atoms with Crippen molar-refractivity contribution in [3.63, 3.8) is 0 Å². The number of thiophene rings is 1. The Morgan fingerprint density at radius 2 is 1.96 bits per heavy atom. The highest BCUT2D eigenvalue weighted by Crippen LogP contribution is 2.30. The van der Waals surface area contributed by atoms with Crippen LogP contribution >= 0.6 is 11.3 Å². The highest BCUT2D eigenvalue weighted by Gasteiger charge is 2.18. The first-order chi connectivity index (χ1) is 11.5. The number of carbonyl (C=O) groups excluding carboxylic acids is 2. The van der Waals surface area contributed by atoms with E-state index in [0.717, 1.165) is 0 Å². The Labute approximate surface area is 143 Å². The second-order valence-corrected chi connectivity index (χ2v) is 5.87. The zero-order valence-electron chi connectivity index (χ0n) is 13.6. The molecule has 7 nitrogen and oxygen atoms in total. The van der Waals surface area contributed by atoms with Crippen molar-refractivity contribution in [2.45, 2.75) is 13.0 Å². The van der Waals surface area contributed by atoms with Crippen molar-refractivity contribution in [2.75, 3.05) is 24.9 Å². The number of nitrogens with two attached hydrogens (primary N) is 1. The number of anilines is 2. The Kier molecular flexibility index (Phi) is 5.64. The van der Waals surface area contributed by atoms with Gasteiger partial charge in [-0.25, -0.2) is 0 Å². The summed E-state index contributed by atoms with van der Waals surface area (Å²) in [5, 5.41) is 7.90. The summed E-state index contributed by atoms with van der Waals surface area (Å²) in [7, 11) is 3.10. The minimum Gasteiger partial charge on any atom is -0.497 e. The van der Waals surface area contributed by atoms with Crippen molar-refractivity contribution in [1.29, 1.82) is 0 Å². The maximum Gasteiger partial charge on any atom is 0.251 e. The monoisotopic (exact) mass is 349 g/mol. The van der Waals surface area contributed by atoms with Crippen molar-refractivity contribution >= 4 is 33.8 Å². The fourth-order valence-corrected chi connectivity index (χ4v) is 2.83. The van der Waals surface area contributed by atoms with Gasteiger partial charge in [0.1, 0.15) is 22.5 Å². The molecule has 0 aliphatic carbocycles. The normalized spacial score (nSPS) is 11.5. The minimum atomic E-state index is -0.580. The summed E-state index contributed by atoms with van der Waals surface area (Å²) >= 11 is 1.24. The maximum absolute atomic E-state index is 12.3. The maximum atomic E-state index is 12.3. The summed E-state index contributed by atoms with van der Waals surface area (Å²) < 4.78 is 10.4. The standard InChI is InChI=1S/C16H19N3O4S/c1-9(15(21)19-16-11(14(17)20)6-7-24-16)18-12-5-4-10(22-2)8-13(12)23-3/h4-9,18H,1-3H3,(H2,17,20)(H,19,21). The average Bonchev–Trinajstić information content (AvgIpc) is 3.03. The van der Waals surface area contributed by atoms with Gasteiger partial charge in [-0.1, -0.05) is 0 Å². The van der Waals surface area contributed by atoms with Crippen LogP contribution in [-0.2, 0) is 4.79 Å². The van der Waals surface area contributed by atoms with Crippen LogP contribution in [0, 0.1) is 0 Å². The topological polar surface area (TPSA) is 103 Å². The SMILES string of the molecule is COc1ccc(NC(C)C(=O)Nc2sccc2C(N)=O)c(OC)c1. The molecular formula is C16H19N3O4S. The van der Waals surface area contributed by atoms with Gasteiger partial charge < -0.3 is 25.8 Å². The van der Waals surface area contributed by atoms with Crippen molar-refractivity contribution < 1.29 is 19.1 Å². The molecule has 0 saturated heterocycles. The van der Waals surface area contributed by atoms with Crippen LogP contribution in [0.3, 0.4) is 0 Å². The summed E-state index contributed by atoms with van der Waals surface area (Å²) in [5.74, 6) is 0.337. The Bertz CT molecular complexity index is 745. The molecule has 0 aliphatic rings. The number of methoxy groups -OCH3 is 2. The summed E-state index contributed by atoms with van der Waals surface area (Å²) in [5.41, 5.74) is 6.22. The van der Waals surface area contributed by atoms with E-state index in [1.165, 1.54) is 18.4 Å². The predicted octanol–water partition coefficient (Wildman–Crippen LogP) is 2.30. The van der Waals surface area contributed by atoms with Crippen LogP contribution in [-0.4, -0.2) is 32.1 Å². The van der Waals surface area contributed by atoms with Crippen molar-refractivity contribution in [3.8, 4) is 11.5 Å². The molecule has 1 aromatic heterocycles. The van der Waals surface area contributed by atoms with E-state index in [9.17, 15) is 9.59 Å². The number of primary amides is 1. The summed E-state index contributed by atoms with van der Waals surface area (Å²) in [4.78, 5) is 23.6. The molecule has 128 valence electrons. The number of nitrogens with one attached hydrogen (secondary N) is 2. The molecule has 1 aromatic carbocycles. The number of benzene rings is 1. The third kappa shape index (κ3) is 3.96. The first-order valence-electron chi connectivity index (χ1n) is 7.13. The highest BCUT2D eigenvalue weighted by atomic mass is 32.1. The van der Waals surface area contributed by atoms with Crippen LogP contribution in [0.25, 0.3) is 0 Å². The molecule has 0 aliphatic heterocycles. The fourth-order valence-electron chi connectivity index (χ4n) is 2.04. The van der Waals surface area contributed by atoms with E-state index >= 15 is 0 Å². The molecule has 1 unspecified atom stereocenters. The highest BCUT2D eigenvalue weighted by molar-refractivity contribution is 7.14. The zero-order chi connectivity index (χ0) is 17.7.